The molecular weight excluding hydrogens is 422 g/mol. The van der Waals surface area contributed by atoms with Crippen molar-refractivity contribution in [1.29, 1.82) is 0 Å². The van der Waals surface area contributed by atoms with Crippen LogP contribution in [0.1, 0.15) is 35.1 Å². The third-order valence-electron chi connectivity index (χ3n) is 5.82. The van der Waals surface area contributed by atoms with E-state index in [4.69, 9.17) is 14.2 Å². The largest absolute Gasteiger partial charge is 0.493 e. The molecule has 1 amide bonds. The van der Waals surface area contributed by atoms with Crippen molar-refractivity contribution in [2.24, 2.45) is 0 Å². The van der Waals surface area contributed by atoms with E-state index in [2.05, 4.69) is 17.4 Å². The molecule has 0 aliphatic heterocycles. The molecule has 0 saturated carbocycles. The molecule has 170 valence electrons. The van der Waals surface area contributed by atoms with Gasteiger partial charge in [0.1, 0.15) is 6.61 Å². The number of benzene rings is 3. The Morgan fingerprint density at radius 3 is 2.09 bits per heavy atom. The van der Waals surface area contributed by atoms with Gasteiger partial charge in [-0.3, -0.25) is 4.79 Å². The minimum absolute atomic E-state index is 0.0813. The number of aliphatic carboxylic acids is 1. The van der Waals surface area contributed by atoms with Crippen molar-refractivity contribution in [2.45, 2.75) is 18.4 Å². The summed E-state index contributed by atoms with van der Waals surface area (Å²) in [6.45, 7) is 0.144. The molecule has 3 aromatic rings. The summed E-state index contributed by atoms with van der Waals surface area (Å²) in [6, 6.07) is 20.3. The molecule has 0 radical (unpaired) electrons. The van der Waals surface area contributed by atoms with E-state index in [-0.39, 0.29) is 18.9 Å². The lowest BCUT2D eigenvalue weighted by molar-refractivity contribution is -0.137. The topological polar surface area (TPSA) is 94.1 Å². The summed E-state index contributed by atoms with van der Waals surface area (Å²) < 4.78 is 16.1. The van der Waals surface area contributed by atoms with Gasteiger partial charge in [-0.1, -0.05) is 54.6 Å². The van der Waals surface area contributed by atoms with E-state index < -0.39 is 18.1 Å². The first-order valence-electron chi connectivity index (χ1n) is 10.6. The molecule has 7 nitrogen and oxygen atoms in total. The van der Waals surface area contributed by atoms with Gasteiger partial charge < -0.3 is 24.6 Å². The van der Waals surface area contributed by atoms with Crippen LogP contribution in [-0.4, -0.2) is 38.0 Å². The van der Waals surface area contributed by atoms with E-state index in [1.54, 1.807) is 18.2 Å². The number of rotatable bonds is 8. The molecule has 1 aliphatic carbocycles. The number of nitrogens with one attached hydrogen (secondary N) is 1. The van der Waals surface area contributed by atoms with Gasteiger partial charge >= 0.3 is 12.1 Å². The van der Waals surface area contributed by atoms with Gasteiger partial charge in [0.05, 0.1) is 26.7 Å². The second-order valence-electron chi connectivity index (χ2n) is 7.73. The maximum Gasteiger partial charge on any atom is 0.407 e. The maximum absolute atomic E-state index is 12.7. The quantitative estimate of drug-likeness (QED) is 0.517. The van der Waals surface area contributed by atoms with Gasteiger partial charge in [-0.2, -0.15) is 0 Å². The molecule has 0 fully saturated rings. The molecule has 1 aliphatic rings. The van der Waals surface area contributed by atoms with E-state index in [1.165, 1.54) is 14.2 Å². The zero-order valence-corrected chi connectivity index (χ0v) is 18.4. The van der Waals surface area contributed by atoms with Crippen LogP contribution in [0.5, 0.6) is 11.5 Å². The summed E-state index contributed by atoms with van der Waals surface area (Å²) in [5, 5.41) is 12.0. The van der Waals surface area contributed by atoms with Crippen LogP contribution >= 0.6 is 0 Å². The third-order valence-corrected chi connectivity index (χ3v) is 5.82. The molecule has 0 aromatic heterocycles. The van der Waals surface area contributed by atoms with Gasteiger partial charge in [-0.15, -0.1) is 0 Å². The second kappa shape index (κ2) is 9.65. The van der Waals surface area contributed by atoms with Gasteiger partial charge in [0.15, 0.2) is 11.5 Å². The molecule has 0 bridgehead atoms. The highest BCUT2D eigenvalue weighted by Crippen LogP contribution is 2.44. The number of hydrogen-bond donors (Lipinski definition) is 2. The van der Waals surface area contributed by atoms with Crippen LogP contribution in [0.25, 0.3) is 11.1 Å². The molecule has 0 spiro atoms. The molecule has 0 unspecified atom stereocenters. The van der Waals surface area contributed by atoms with Crippen molar-refractivity contribution in [3.8, 4) is 22.6 Å². The van der Waals surface area contributed by atoms with Crippen LogP contribution in [0.4, 0.5) is 4.79 Å². The van der Waals surface area contributed by atoms with E-state index >= 15 is 0 Å². The fraction of sp³-hybridized carbons (Fsp3) is 0.231. The molecule has 1 atom stereocenters. The number of hydrogen-bond acceptors (Lipinski definition) is 5. The summed E-state index contributed by atoms with van der Waals surface area (Å²) >= 11 is 0. The lowest BCUT2D eigenvalue weighted by Crippen LogP contribution is -2.31. The molecule has 0 heterocycles. The molecular formula is C26H25NO6. The Kier molecular flexibility index (Phi) is 6.49. The average Bonchev–Trinajstić information content (AvgIpc) is 3.15. The van der Waals surface area contributed by atoms with Crippen LogP contribution in [0.3, 0.4) is 0 Å². The first kappa shape index (κ1) is 22.2. The normalized spacial score (nSPS) is 12.9. The second-order valence-corrected chi connectivity index (χ2v) is 7.73. The first-order valence-corrected chi connectivity index (χ1v) is 10.6. The van der Waals surface area contributed by atoms with Crippen molar-refractivity contribution < 1.29 is 28.9 Å². The van der Waals surface area contributed by atoms with Gasteiger partial charge in [-0.05, 0) is 39.9 Å². The number of carboxylic acids is 1. The van der Waals surface area contributed by atoms with Crippen LogP contribution < -0.4 is 14.8 Å². The highest BCUT2D eigenvalue weighted by Gasteiger charge is 2.29. The number of amides is 1. The lowest BCUT2D eigenvalue weighted by Gasteiger charge is -2.20. The number of alkyl carbamates (subject to hydrolysis) is 1. The molecule has 4 rings (SSSR count). The molecule has 0 saturated heterocycles. The van der Waals surface area contributed by atoms with Crippen LogP contribution in [-0.2, 0) is 9.53 Å². The van der Waals surface area contributed by atoms with Crippen molar-refractivity contribution in [2.75, 3.05) is 20.8 Å². The van der Waals surface area contributed by atoms with Gasteiger partial charge in [0, 0.05) is 5.92 Å². The summed E-state index contributed by atoms with van der Waals surface area (Å²) in [7, 11) is 3.01. The summed E-state index contributed by atoms with van der Waals surface area (Å²) in [5.41, 5.74) is 5.05. The van der Waals surface area contributed by atoms with Crippen molar-refractivity contribution in [3.63, 3.8) is 0 Å². The van der Waals surface area contributed by atoms with Crippen molar-refractivity contribution >= 4 is 12.1 Å². The van der Waals surface area contributed by atoms with Crippen LogP contribution in [0.2, 0.25) is 0 Å². The zero-order chi connectivity index (χ0) is 23.4. The van der Waals surface area contributed by atoms with Gasteiger partial charge in [0.25, 0.3) is 0 Å². The SMILES string of the molecule is COc1ccc([C@H](CC(=O)O)NC(=O)OCC2c3ccccc3-c3ccccc32)cc1OC. The van der Waals surface area contributed by atoms with Gasteiger partial charge in [0.2, 0.25) is 0 Å². The molecule has 7 heteroatoms. The van der Waals surface area contributed by atoms with E-state index in [0.29, 0.717) is 17.1 Å². The van der Waals surface area contributed by atoms with Crippen LogP contribution in [0.15, 0.2) is 66.7 Å². The minimum atomic E-state index is -1.05. The highest BCUT2D eigenvalue weighted by atomic mass is 16.5. The Morgan fingerprint density at radius 1 is 0.909 bits per heavy atom. The predicted octanol–water partition coefficient (Wildman–Crippen LogP) is 4.76. The summed E-state index contributed by atoms with van der Waals surface area (Å²) in [4.78, 5) is 24.1. The Balaban J connectivity index is 1.49. The number of methoxy groups -OCH3 is 2. The van der Waals surface area contributed by atoms with Crippen molar-refractivity contribution in [1.82, 2.24) is 5.32 Å². The number of carbonyl (C=O) groups is 2. The summed E-state index contributed by atoms with van der Waals surface area (Å²) in [6.07, 6.45) is -0.988. The van der Waals surface area contributed by atoms with Crippen molar-refractivity contribution in [3.05, 3.63) is 83.4 Å². The molecule has 2 N–H and O–H groups in total. The Labute approximate surface area is 191 Å². The average molecular weight is 447 g/mol. The highest BCUT2D eigenvalue weighted by molar-refractivity contribution is 5.79. The van der Waals surface area contributed by atoms with E-state index in [1.807, 2.05) is 36.4 Å². The number of fused-ring (bicyclic) bond motifs is 3. The molecule has 33 heavy (non-hydrogen) atoms. The maximum atomic E-state index is 12.7. The zero-order valence-electron chi connectivity index (χ0n) is 18.4. The summed E-state index contributed by atoms with van der Waals surface area (Å²) in [5.74, 6) is -0.174. The van der Waals surface area contributed by atoms with E-state index in [9.17, 15) is 14.7 Å². The third kappa shape index (κ3) is 4.62. The Hall–Kier alpha value is -4.00. The Bertz CT molecular complexity index is 1130. The number of ether oxygens (including phenoxy) is 3. The minimum Gasteiger partial charge on any atom is -0.493 e. The smallest absolute Gasteiger partial charge is 0.407 e. The van der Waals surface area contributed by atoms with E-state index in [0.717, 1.165) is 22.3 Å². The number of carbonyl (C=O) groups excluding carboxylic acids is 1. The first-order chi connectivity index (χ1) is 16.0. The lowest BCUT2D eigenvalue weighted by atomic mass is 9.98. The molecule has 3 aromatic carbocycles. The standard InChI is InChI=1S/C26H25NO6/c1-31-23-12-11-16(13-24(23)32-2)22(14-25(28)29)27-26(30)33-15-21-19-9-5-3-7-17(19)18-8-4-6-10-20(18)21/h3-13,21-22H,14-15H2,1-2H3,(H,27,30)(H,28,29)/t22-/m0/s1. The fourth-order valence-corrected chi connectivity index (χ4v) is 4.28. The van der Waals surface area contributed by atoms with Gasteiger partial charge in [-0.25, -0.2) is 4.79 Å². The monoisotopic (exact) mass is 447 g/mol. The number of carboxylic acid groups (broad SMARTS) is 1. The Morgan fingerprint density at radius 2 is 1.52 bits per heavy atom. The predicted molar refractivity (Wildman–Crippen MR) is 123 cm³/mol. The fourth-order valence-electron chi connectivity index (χ4n) is 4.28. The van der Waals surface area contributed by atoms with Crippen LogP contribution in [0, 0.1) is 0 Å².